The molecule has 0 aliphatic rings. The molecule has 0 N–H and O–H groups in total. The van der Waals surface area contributed by atoms with Crippen molar-refractivity contribution in [3.63, 3.8) is 0 Å². The van der Waals surface area contributed by atoms with Crippen molar-refractivity contribution in [2.24, 2.45) is 0 Å². The minimum atomic E-state index is 0.511. The van der Waals surface area contributed by atoms with Gasteiger partial charge in [0.25, 0.3) is 0 Å². The molecule has 0 aliphatic carbocycles. The average molecular weight is 261 g/mol. The Bertz CT molecular complexity index is 691. The van der Waals surface area contributed by atoms with Crippen LogP contribution in [0.2, 0.25) is 5.15 Å². The van der Waals surface area contributed by atoms with Crippen molar-refractivity contribution in [1.82, 2.24) is 9.97 Å². The Morgan fingerprint density at radius 3 is 2.76 bits per heavy atom. The molecule has 0 unspecified atom stereocenters. The minimum absolute atomic E-state index is 0.511. The van der Waals surface area contributed by atoms with E-state index in [-0.39, 0.29) is 0 Å². The lowest BCUT2D eigenvalue weighted by Gasteiger charge is -2.03. The second-order valence-corrected chi connectivity index (χ2v) is 5.21. The lowest BCUT2D eigenvalue weighted by Crippen LogP contribution is -1.85. The van der Waals surface area contributed by atoms with Crippen molar-refractivity contribution in [1.29, 1.82) is 0 Å². The highest BCUT2D eigenvalue weighted by Gasteiger charge is 2.08. The van der Waals surface area contributed by atoms with E-state index in [2.05, 4.69) is 9.97 Å². The molecular weight excluding hydrogens is 252 g/mol. The number of hydrogen-bond donors (Lipinski definition) is 0. The summed E-state index contributed by atoms with van der Waals surface area (Å²) in [4.78, 5) is 8.89. The van der Waals surface area contributed by atoms with E-state index in [0.717, 1.165) is 27.2 Å². The number of aromatic nitrogens is 2. The van der Waals surface area contributed by atoms with Gasteiger partial charge in [0.2, 0.25) is 0 Å². The van der Waals surface area contributed by atoms with Crippen LogP contribution in [-0.2, 0) is 0 Å². The summed E-state index contributed by atoms with van der Waals surface area (Å²) in [7, 11) is 0. The molecule has 17 heavy (non-hydrogen) atoms. The van der Waals surface area contributed by atoms with E-state index in [1.54, 1.807) is 17.4 Å². The molecule has 0 bridgehead atoms. The van der Waals surface area contributed by atoms with Gasteiger partial charge < -0.3 is 0 Å². The molecule has 0 fully saturated rings. The Kier molecular flexibility index (Phi) is 2.57. The average Bonchev–Trinajstić information content (AvgIpc) is 2.75. The van der Waals surface area contributed by atoms with Crippen molar-refractivity contribution in [2.45, 2.75) is 6.92 Å². The van der Waals surface area contributed by atoms with E-state index in [1.807, 2.05) is 36.6 Å². The highest BCUT2D eigenvalue weighted by molar-refractivity contribution is 7.09. The molecule has 2 nitrogen and oxygen atoms in total. The molecular formula is C13H9ClN2S. The number of hydrogen-bond acceptors (Lipinski definition) is 3. The number of para-hydroxylation sites is 1. The van der Waals surface area contributed by atoms with E-state index >= 15 is 0 Å². The van der Waals surface area contributed by atoms with Crippen LogP contribution in [0.25, 0.3) is 22.2 Å². The quantitative estimate of drug-likeness (QED) is 0.609. The third-order valence-corrected chi connectivity index (χ3v) is 3.57. The lowest BCUT2D eigenvalue weighted by molar-refractivity contribution is 1.29. The number of thiazole rings is 1. The second-order valence-electron chi connectivity index (χ2n) is 3.76. The number of halogens is 1. The van der Waals surface area contributed by atoms with E-state index < -0.39 is 0 Å². The second kappa shape index (κ2) is 4.09. The Labute approximate surface area is 108 Å². The van der Waals surface area contributed by atoms with Crippen LogP contribution in [0.1, 0.15) is 5.01 Å². The summed E-state index contributed by atoms with van der Waals surface area (Å²) in [5, 5.41) is 4.70. The van der Waals surface area contributed by atoms with Crippen LogP contribution in [0.5, 0.6) is 0 Å². The van der Waals surface area contributed by atoms with Crippen LogP contribution in [0.15, 0.2) is 35.7 Å². The van der Waals surface area contributed by atoms with Gasteiger partial charge in [0.1, 0.15) is 5.15 Å². The van der Waals surface area contributed by atoms with E-state index in [9.17, 15) is 0 Å². The predicted molar refractivity (Wildman–Crippen MR) is 72.6 cm³/mol. The van der Waals surface area contributed by atoms with E-state index in [4.69, 9.17) is 11.6 Å². The molecule has 1 aromatic carbocycles. The van der Waals surface area contributed by atoms with Gasteiger partial charge >= 0.3 is 0 Å². The van der Waals surface area contributed by atoms with Crippen molar-refractivity contribution in [3.8, 4) is 11.3 Å². The van der Waals surface area contributed by atoms with Crippen LogP contribution < -0.4 is 0 Å². The molecule has 0 aliphatic heterocycles. The maximum Gasteiger partial charge on any atom is 0.129 e. The van der Waals surface area contributed by atoms with Crippen LogP contribution in [-0.4, -0.2) is 9.97 Å². The fourth-order valence-corrected chi connectivity index (χ4v) is 2.58. The van der Waals surface area contributed by atoms with Gasteiger partial charge in [-0.1, -0.05) is 29.8 Å². The van der Waals surface area contributed by atoms with Gasteiger partial charge in [-0.3, -0.25) is 0 Å². The topological polar surface area (TPSA) is 25.8 Å². The minimum Gasteiger partial charge on any atom is -0.241 e. The maximum atomic E-state index is 5.95. The summed E-state index contributed by atoms with van der Waals surface area (Å²) in [6.45, 7) is 2.00. The fraction of sp³-hybridized carbons (Fsp3) is 0.0769. The zero-order valence-electron chi connectivity index (χ0n) is 9.14. The smallest absolute Gasteiger partial charge is 0.129 e. The predicted octanol–water partition coefficient (Wildman–Crippen LogP) is 4.32. The molecule has 0 radical (unpaired) electrons. The lowest BCUT2D eigenvalue weighted by atomic mass is 10.1. The molecule has 2 aromatic heterocycles. The van der Waals surface area contributed by atoms with Crippen LogP contribution >= 0.6 is 22.9 Å². The molecule has 3 aromatic rings. The van der Waals surface area contributed by atoms with Gasteiger partial charge in [-0.05, 0) is 19.1 Å². The summed E-state index contributed by atoms with van der Waals surface area (Å²) in [5.41, 5.74) is 2.91. The summed E-state index contributed by atoms with van der Waals surface area (Å²) < 4.78 is 0. The maximum absolute atomic E-state index is 5.95. The Morgan fingerprint density at radius 2 is 2.00 bits per heavy atom. The monoisotopic (exact) mass is 260 g/mol. The van der Waals surface area contributed by atoms with Gasteiger partial charge in [-0.15, -0.1) is 11.3 Å². The SMILES string of the molecule is Cc1nc(-c2cccc3ccc(Cl)nc23)cs1. The first-order valence-corrected chi connectivity index (χ1v) is 6.47. The summed E-state index contributed by atoms with van der Waals surface area (Å²) in [6.07, 6.45) is 0. The number of nitrogens with zero attached hydrogens (tertiary/aromatic N) is 2. The Hall–Kier alpha value is -1.45. The number of aryl methyl sites for hydroxylation is 1. The largest absolute Gasteiger partial charge is 0.241 e. The van der Waals surface area contributed by atoms with Crippen LogP contribution in [0, 0.1) is 6.92 Å². The molecule has 84 valence electrons. The molecule has 0 atom stereocenters. The highest BCUT2D eigenvalue weighted by atomic mass is 35.5. The standard InChI is InChI=1S/C13H9ClN2S/c1-8-15-11(7-17-8)10-4-2-3-9-5-6-12(14)16-13(9)10/h2-7H,1H3. The fourth-order valence-electron chi connectivity index (χ4n) is 1.82. The zero-order valence-corrected chi connectivity index (χ0v) is 10.7. The van der Waals surface area contributed by atoms with Crippen molar-refractivity contribution < 1.29 is 0 Å². The normalized spacial score (nSPS) is 10.9. The van der Waals surface area contributed by atoms with Crippen molar-refractivity contribution >= 4 is 33.8 Å². The third kappa shape index (κ3) is 1.92. The molecule has 0 saturated carbocycles. The first kappa shape index (κ1) is 10.7. The molecule has 3 rings (SSSR count). The first-order chi connectivity index (χ1) is 8.24. The van der Waals surface area contributed by atoms with Crippen molar-refractivity contribution in [3.05, 3.63) is 45.9 Å². The summed E-state index contributed by atoms with van der Waals surface area (Å²) >= 11 is 7.59. The number of fused-ring (bicyclic) bond motifs is 1. The van der Waals surface area contributed by atoms with Gasteiger partial charge in [0.15, 0.2) is 0 Å². The Morgan fingerprint density at radius 1 is 1.12 bits per heavy atom. The third-order valence-electron chi connectivity index (χ3n) is 2.58. The molecule has 2 heterocycles. The number of benzene rings is 1. The number of pyridine rings is 1. The molecule has 4 heteroatoms. The first-order valence-electron chi connectivity index (χ1n) is 5.22. The van der Waals surface area contributed by atoms with Gasteiger partial charge in [-0.25, -0.2) is 9.97 Å². The highest BCUT2D eigenvalue weighted by Crippen LogP contribution is 2.28. The summed E-state index contributed by atoms with van der Waals surface area (Å²) in [5.74, 6) is 0. The van der Waals surface area contributed by atoms with E-state index in [0.29, 0.717) is 5.15 Å². The van der Waals surface area contributed by atoms with Gasteiger partial charge in [-0.2, -0.15) is 0 Å². The summed E-state index contributed by atoms with van der Waals surface area (Å²) in [6, 6.07) is 9.86. The van der Waals surface area contributed by atoms with Crippen LogP contribution in [0.4, 0.5) is 0 Å². The van der Waals surface area contributed by atoms with Gasteiger partial charge in [0.05, 0.1) is 16.2 Å². The molecule has 0 spiro atoms. The van der Waals surface area contributed by atoms with E-state index in [1.165, 1.54) is 0 Å². The Balaban J connectivity index is 2.32. The van der Waals surface area contributed by atoms with Crippen LogP contribution in [0.3, 0.4) is 0 Å². The van der Waals surface area contributed by atoms with Gasteiger partial charge in [0, 0.05) is 16.3 Å². The zero-order chi connectivity index (χ0) is 11.8. The van der Waals surface area contributed by atoms with Crippen molar-refractivity contribution in [2.75, 3.05) is 0 Å². The molecule has 0 saturated heterocycles. The number of rotatable bonds is 1. The molecule has 0 amide bonds.